The maximum atomic E-state index is 13.3. The molecule has 1 aromatic heterocycles. The lowest BCUT2D eigenvalue weighted by Crippen LogP contribution is -2.35. The number of hydrogen-bond acceptors (Lipinski definition) is 4. The summed E-state index contributed by atoms with van der Waals surface area (Å²) < 4.78 is 14.4. The highest BCUT2D eigenvalue weighted by Gasteiger charge is 2.24. The number of fused-ring (bicyclic) bond motifs is 1. The van der Waals surface area contributed by atoms with Gasteiger partial charge in [-0.15, -0.1) is 0 Å². The first-order valence-corrected chi connectivity index (χ1v) is 9.20. The smallest absolute Gasteiger partial charge is 0.272 e. The van der Waals surface area contributed by atoms with E-state index in [4.69, 9.17) is 5.26 Å². The lowest BCUT2D eigenvalue weighted by molar-refractivity contribution is -0.122. The summed E-state index contributed by atoms with van der Waals surface area (Å²) in [5.74, 6) is -0.570. The molecule has 0 radical (unpaired) electrons. The summed E-state index contributed by atoms with van der Waals surface area (Å²) in [4.78, 5) is 29.6. The van der Waals surface area contributed by atoms with E-state index in [1.165, 1.54) is 36.0 Å². The van der Waals surface area contributed by atoms with Crippen molar-refractivity contribution in [3.8, 4) is 17.5 Å². The van der Waals surface area contributed by atoms with Gasteiger partial charge in [0.1, 0.15) is 29.8 Å². The van der Waals surface area contributed by atoms with E-state index in [0.29, 0.717) is 5.56 Å². The molecule has 144 valence electrons. The molecule has 6 nitrogen and oxygen atoms in total. The number of halogens is 1. The number of aromatic nitrogens is 2. The molecule has 29 heavy (non-hydrogen) atoms. The number of nitrogens with zero attached hydrogens (tertiary/aromatic N) is 3. The van der Waals surface area contributed by atoms with E-state index >= 15 is 0 Å². The van der Waals surface area contributed by atoms with Crippen LogP contribution in [-0.2, 0) is 17.8 Å². The molecule has 0 saturated carbocycles. The fourth-order valence-corrected chi connectivity index (χ4v) is 3.64. The molecule has 1 atom stereocenters. The number of aryl methyl sites for hydroxylation is 1. The SMILES string of the molecule is N#Cc1cnc(-c2ccc(F)cc2)n(CC(=O)N[C@@H]2CCc3ccccc32)c1=O. The fraction of sp³-hybridized carbons (Fsp3) is 0.182. The summed E-state index contributed by atoms with van der Waals surface area (Å²) in [6.45, 7) is -0.285. The molecule has 1 heterocycles. The van der Waals surface area contributed by atoms with E-state index in [0.717, 1.165) is 23.0 Å². The first-order valence-electron chi connectivity index (χ1n) is 9.20. The Hall–Kier alpha value is -3.79. The Morgan fingerprint density at radius 1 is 1.24 bits per heavy atom. The van der Waals surface area contributed by atoms with E-state index in [9.17, 15) is 14.0 Å². The van der Waals surface area contributed by atoms with Crippen LogP contribution < -0.4 is 10.9 Å². The van der Waals surface area contributed by atoms with Crippen molar-refractivity contribution in [2.75, 3.05) is 0 Å². The zero-order chi connectivity index (χ0) is 20.4. The average molecular weight is 388 g/mol. The number of rotatable bonds is 4. The second-order valence-corrected chi connectivity index (χ2v) is 6.86. The van der Waals surface area contributed by atoms with Crippen molar-refractivity contribution in [3.05, 3.63) is 87.6 Å². The Labute approximate surface area is 166 Å². The molecule has 0 spiro atoms. The molecule has 1 amide bonds. The van der Waals surface area contributed by atoms with E-state index in [2.05, 4.69) is 10.3 Å². The highest BCUT2D eigenvalue weighted by molar-refractivity contribution is 5.77. The van der Waals surface area contributed by atoms with Crippen molar-refractivity contribution in [1.82, 2.24) is 14.9 Å². The number of hydrogen-bond donors (Lipinski definition) is 1. The van der Waals surface area contributed by atoms with Gasteiger partial charge < -0.3 is 5.32 Å². The van der Waals surface area contributed by atoms with Crippen LogP contribution in [-0.4, -0.2) is 15.5 Å². The highest BCUT2D eigenvalue weighted by atomic mass is 19.1. The minimum Gasteiger partial charge on any atom is -0.348 e. The number of amides is 1. The monoisotopic (exact) mass is 388 g/mol. The van der Waals surface area contributed by atoms with Crippen molar-refractivity contribution >= 4 is 5.91 Å². The van der Waals surface area contributed by atoms with Crippen molar-refractivity contribution in [2.24, 2.45) is 0 Å². The third-order valence-electron chi connectivity index (χ3n) is 5.04. The molecule has 0 fully saturated rings. The van der Waals surface area contributed by atoms with Crippen LogP contribution in [0.3, 0.4) is 0 Å². The van der Waals surface area contributed by atoms with Gasteiger partial charge >= 0.3 is 0 Å². The molecule has 0 bridgehead atoms. The molecule has 0 aliphatic heterocycles. The van der Waals surface area contributed by atoms with Gasteiger partial charge in [-0.25, -0.2) is 9.37 Å². The summed E-state index contributed by atoms with van der Waals surface area (Å²) >= 11 is 0. The minimum absolute atomic E-state index is 0.115. The van der Waals surface area contributed by atoms with E-state index in [-0.39, 0.29) is 29.9 Å². The Kier molecular flexibility index (Phi) is 4.92. The minimum atomic E-state index is -0.608. The van der Waals surface area contributed by atoms with Gasteiger partial charge in [0.15, 0.2) is 0 Å². The largest absolute Gasteiger partial charge is 0.348 e. The zero-order valence-electron chi connectivity index (χ0n) is 15.4. The van der Waals surface area contributed by atoms with Crippen LogP contribution in [0.5, 0.6) is 0 Å². The summed E-state index contributed by atoms with van der Waals surface area (Å²) in [5, 5.41) is 12.1. The van der Waals surface area contributed by atoms with E-state index < -0.39 is 11.4 Å². The van der Waals surface area contributed by atoms with E-state index in [1.54, 1.807) is 6.07 Å². The number of carbonyl (C=O) groups is 1. The molecular formula is C22H17FN4O2. The van der Waals surface area contributed by atoms with Crippen LogP contribution in [0.1, 0.15) is 29.2 Å². The fourth-order valence-electron chi connectivity index (χ4n) is 3.64. The number of nitriles is 1. The molecule has 2 aromatic carbocycles. The molecule has 3 aromatic rings. The molecule has 7 heteroatoms. The first-order chi connectivity index (χ1) is 14.1. The van der Waals surface area contributed by atoms with Gasteiger partial charge in [0.05, 0.1) is 12.2 Å². The van der Waals surface area contributed by atoms with Gasteiger partial charge in [-0.1, -0.05) is 24.3 Å². The molecule has 0 saturated heterocycles. The van der Waals surface area contributed by atoms with Crippen LogP contribution in [0, 0.1) is 17.1 Å². The second kappa shape index (κ2) is 7.68. The number of benzene rings is 2. The number of nitrogens with one attached hydrogen (secondary N) is 1. The summed E-state index contributed by atoms with van der Waals surface area (Å²) in [6, 6.07) is 15.1. The van der Waals surface area contributed by atoms with E-state index in [1.807, 2.05) is 24.3 Å². The van der Waals surface area contributed by atoms with Gasteiger partial charge in [-0.2, -0.15) is 5.26 Å². The van der Waals surface area contributed by atoms with Gasteiger partial charge in [-0.3, -0.25) is 14.2 Å². The molecule has 4 rings (SSSR count). The van der Waals surface area contributed by atoms with Crippen molar-refractivity contribution < 1.29 is 9.18 Å². The Morgan fingerprint density at radius 3 is 2.76 bits per heavy atom. The van der Waals surface area contributed by atoms with Gasteiger partial charge in [0, 0.05) is 5.56 Å². The predicted molar refractivity (Wildman–Crippen MR) is 104 cm³/mol. The maximum absolute atomic E-state index is 13.3. The quantitative estimate of drug-likeness (QED) is 0.744. The van der Waals surface area contributed by atoms with Crippen molar-refractivity contribution in [1.29, 1.82) is 5.26 Å². The standard InChI is InChI=1S/C22H17FN4O2/c23-17-8-5-15(6-9-17)21-25-12-16(11-24)22(29)27(21)13-20(28)26-19-10-7-14-3-1-2-4-18(14)19/h1-6,8-9,12,19H,7,10,13H2,(H,26,28)/t19-/m1/s1. The molecule has 1 N–H and O–H groups in total. The summed E-state index contributed by atoms with van der Waals surface area (Å²) in [6.07, 6.45) is 2.84. The third kappa shape index (κ3) is 3.65. The highest BCUT2D eigenvalue weighted by Crippen LogP contribution is 2.30. The van der Waals surface area contributed by atoms with Gasteiger partial charge in [-0.05, 0) is 48.2 Å². The van der Waals surface area contributed by atoms with Crippen LogP contribution >= 0.6 is 0 Å². The summed E-state index contributed by atoms with van der Waals surface area (Å²) in [7, 11) is 0. The first kappa shape index (κ1) is 18.6. The van der Waals surface area contributed by atoms with Crippen LogP contribution in [0.2, 0.25) is 0 Å². The molecule has 1 aliphatic carbocycles. The molecule has 0 unspecified atom stereocenters. The normalized spacial score (nSPS) is 14.8. The topological polar surface area (TPSA) is 87.8 Å². The Morgan fingerprint density at radius 2 is 2.00 bits per heavy atom. The Balaban J connectivity index is 1.64. The average Bonchev–Trinajstić information content (AvgIpc) is 3.13. The molecule has 1 aliphatic rings. The predicted octanol–water partition coefficient (Wildman–Crippen LogP) is 2.72. The zero-order valence-corrected chi connectivity index (χ0v) is 15.4. The molecular weight excluding hydrogens is 371 g/mol. The van der Waals surface area contributed by atoms with Gasteiger partial charge in [0.25, 0.3) is 5.56 Å². The van der Waals surface area contributed by atoms with Crippen molar-refractivity contribution in [2.45, 2.75) is 25.4 Å². The number of carbonyl (C=O) groups excluding carboxylic acids is 1. The maximum Gasteiger partial charge on any atom is 0.272 e. The lowest BCUT2D eigenvalue weighted by Gasteiger charge is -2.16. The van der Waals surface area contributed by atoms with Crippen molar-refractivity contribution in [3.63, 3.8) is 0 Å². The van der Waals surface area contributed by atoms with Crippen LogP contribution in [0.25, 0.3) is 11.4 Å². The lowest BCUT2D eigenvalue weighted by atomic mass is 10.1. The second-order valence-electron chi connectivity index (χ2n) is 6.86. The van der Waals surface area contributed by atoms with Gasteiger partial charge in [0.2, 0.25) is 5.91 Å². The summed E-state index contributed by atoms with van der Waals surface area (Å²) in [5.41, 5.74) is 2.00. The van der Waals surface area contributed by atoms with Crippen LogP contribution in [0.15, 0.2) is 59.5 Å². The third-order valence-corrected chi connectivity index (χ3v) is 5.04. The van der Waals surface area contributed by atoms with Crippen LogP contribution in [0.4, 0.5) is 4.39 Å². The Bertz CT molecular complexity index is 1180.